The summed E-state index contributed by atoms with van der Waals surface area (Å²) in [6, 6.07) is 0.802. The fourth-order valence-electron chi connectivity index (χ4n) is 2.72. The summed E-state index contributed by atoms with van der Waals surface area (Å²) in [5, 5.41) is 0. The van der Waals surface area contributed by atoms with Crippen LogP contribution in [0.3, 0.4) is 0 Å². The predicted molar refractivity (Wildman–Crippen MR) is 65.5 cm³/mol. The Morgan fingerprint density at radius 3 is 2.67 bits per heavy atom. The molecular formula is C12H21ClN2. The first-order valence-corrected chi connectivity index (χ1v) is 6.52. The zero-order chi connectivity index (χ0) is 10.7. The molecule has 86 valence electrons. The summed E-state index contributed by atoms with van der Waals surface area (Å²) in [7, 11) is 0. The van der Waals surface area contributed by atoms with Gasteiger partial charge in [0.05, 0.1) is 0 Å². The van der Waals surface area contributed by atoms with Gasteiger partial charge in [-0.1, -0.05) is 6.58 Å². The number of rotatable bonds is 4. The summed E-state index contributed by atoms with van der Waals surface area (Å²) in [6.45, 7) is 10.0. The molecule has 1 unspecified atom stereocenters. The molecule has 1 atom stereocenters. The van der Waals surface area contributed by atoms with Crippen molar-refractivity contribution < 1.29 is 0 Å². The quantitative estimate of drug-likeness (QED) is 0.536. The van der Waals surface area contributed by atoms with Gasteiger partial charge in [0.15, 0.2) is 0 Å². The van der Waals surface area contributed by atoms with Gasteiger partial charge >= 0.3 is 0 Å². The standard InChI is InChI=1S/C12H21ClN2/c1-11(8-13)9-14-7-4-12(10-14)15-5-2-3-6-15/h12H,1-10H2. The van der Waals surface area contributed by atoms with Crippen molar-refractivity contribution in [2.24, 2.45) is 0 Å². The van der Waals surface area contributed by atoms with Crippen molar-refractivity contribution in [1.29, 1.82) is 0 Å². The molecule has 2 rings (SSSR count). The molecule has 0 bridgehead atoms. The molecule has 0 aromatic rings. The summed E-state index contributed by atoms with van der Waals surface area (Å²) in [4.78, 5) is 5.15. The maximum Gasteiger partial charge on any atom is 0.0443 e. The molecule has 0 saturated carbocycles. The van der Waals surface area contributed by atoms with E-state index in [1.54, 1.807) is 0 Å². The highest BCUT2D eigenvalue weighted by Gasteiger charge is 2.28. The van der Waals surface area contributed by atoms with Gasteiger partial charge in [-0.2, -0.15) is 0 Å². The largest absolute Gasteiger partial charge is 0.299 e. The number of alkyl halides is 1. The molecule has 2 aliphatic rings. The second-order valence-electron chi connectivity index (χ2n) is 4.80. The molecule has 0 radical (unpaired) electrons. The number of halogens is 1. The van der Waals surface area contributed by atoms with Crippen LogP contribution in [0.5, 0.6) is 0 Å². The summed E-state index contributed by atoms with van der Waals surface area (Å²) in [5.41, 5.74) is 1.15. The minimum atomic E-state index is 0.602. The minimum absolute atomic E-state index is 0.602. The van der Waals surface area contributed by atoms with Crippen molar-refractivity contribution in [2.75, 3.05) is 38.6 Å². The zero-order valence-corrected chi connectivity index (χ0v) is 10.2. The van der Waals surface area contributed by atoms with Crippen LogP contribution in [-0.2, 0) is 0 Å². The van der Waals surface area contributed by atoms with E-state index in [1.807, 2.05) is 0 Å². The molecule has 2 aliphatic heterocycles. The van der Waals surface area contributed by atoms with Gasteiger partial charge in [-0.05, 0) is 37.9 Å². The number of nitrogens with zero attached hydrogens (tertiary/aromatic N) is 2. The number of likely N-dealkylation sites (tertiary alicyclic amines) is 2. The van der Waals surface area contributed by atoms with Crippen LogP contribution in [0.25, 0.3) is 0 Å². The van der Waals surface area contributed by atoms with Gasteiger partial charge in [0.25, 0.3) is 0 Å². The van der Waals surface area contributed by atoms with Crippen LogP contribution in [0.4, 0.5) is 0 Å². The van der Waals surface area contributed by atoms with Crippen molar-refractivity contribution in [2.45, 2.75) is 25.3 Å². The van der Waals surface area contributed by atoms with Crippen molar-refractivity contribution in [3.05, 3.63) is 12.2 Å². The Balaban J connectivity index is 1.76. The lowest BCUT2D eigenvalue weighted by atomic mass is 10.2. The summed E-state index contributed by atoms with van der Waals surface area (Å²) in [5.74, 6) is 0.602. The van der Waals surface area contributed by atoms with Gasteiger partial charge in [0.2, 0.25) is 0 Å². The van der Waals surface area contributed by atoms with E-state index in [-0.39, 0.29) is 0 Å². The van der Waals surface area contributed by atoms with Gasteiger partial charge in [0.1, 0.15) is 0 Å². The molecule has 0 N–H and O–H groups in total. The number of hydrogen-bond donors (Lipinski definition) is 0. The predicted octanol–water partition coefficient (Wildman–Crippen LogP) is 1.95. The topological polar surface area (TPSA) is 6.48 Å². The lowest BCUT2D eigenvalue weighted by Crippen LogP contribution is -2.35. The number of hydrogen-bond acceptors (Lipinski definition) is 2. The molecular weight excluding hydrogens is 208 g/mol. The lowest BCUT2D eigenvalue weighted by molar-refractivity contribution is 0.237. The second kappa shape index (κ2) is 5.33. The van der Waals surface area contributed by atoms with Crippen LogP contribution in [-0.4, -0.2) is 54.4 Å². The Kier molecular flexibility index (Phi) is 4.06. The van der Waals surface area contributed by atoms with E-state index >= 15 is 0 Å². The van der Waals surface area contributed by atoms with E-state index in [4.69, 9.17) is 11.6 Å². The summed E-state index contributed by atoms with van der Waals surface area (Å²) < 4.78 is 0. The third kappa shape index (κ3) is 2.96. The highest BCUT2D eigenvalue weighted by Crippen LogP contribution is 2.20. The van der Waals surface area contributed by atoms with Gasteiger partial charge in [-0.15, -0.1) is 11.6 Å². The Morgan fingerprint density at radius 2 is 2.00 bits per heavy atom. The van der Waals surface area contributed by atoms with Crippen LogP contribution in [0.15, 0.2) is 12.2 Å². The van der Waals surface area contributed by atoms with Crippen molar-refractivity contribution >= 4 is 11.6 Å². The Bertz CT molecular complexity index is 224. The molecule has 0 aromatic carbocycles. The lowest BCUT2D eigenvalue weighted by Gasteiger charge is -2.23. The zero-order valence-electron chi connectivity index (χ0n) is 9.42. The third-order valence-electron chi connectivity index (χ3n) is 3.54. The van der Waals surface area contributed by atoms with Gasteiger partial charge < -0.3 is 0 Å². The van der Waals surface area contributed by atoms with Crippen LogP contribution in [0.2, 0.25) is 0 Å². The van der Waals surface area contributed by atoms with Crippen molar-refractivity contribution in [1.82, 2.24) is 9.80 Å². The van der Waals surface area contributed by atoms with Crippen LogP contribution < -0.4 is 0 Å². The Hall–Kier alpha value is -0.0500. The molecule has 2 saturated heterocycles. The van der Waals surface area contributed by atoms with E-state index in [0.717, 1.165) is 18.2 Å². The molecule has 0 spiro atoms. The first-order valence-electron chi connectivity index (χ1n) is 5.98. The van der Waals surface area contributed by atoms with Crippen LogP contribution in [0.1, 0.15) is 19.3 Å². The van der Waals surface area contributed by atoms with Gasteiger partial charge in [-0.25, -0.2) is 0 Å². The highest BCUT2D eigenvalue weighted by atomic mass is 35.5. The molecule has 2 heterocycles. The van der Waals surface area contributed by atoms with Crippen molar-refractivity contribution in [3.8, 4) is 0 Å². The van der Waals surface area contributed by atoms with Gasteiger partial charge in [-0.3, -0.25) is 9.80 Å². The van der Waals surface area contributed by atoms with E-state index in [9.17, 15) is 0 Å². The van der Waals surface area contributed by atoms with Crippen LogP contribution in [0, 0.1) is 0 Å². The molecule has 2 fully saturated rings. The Labute approximate surface area is 97.9 Å². The summed E-state index contributed by atoms with van der Waals surface area (Å²) >= 11 is 5.76. The molecule has 0 aromatic heterocycles. The average Bonchev–Trinajstić information content (AvgIpc) is 2.85. The smallest absolute Gasteiger partial charge is 0.0443 e. The first kappa shape index (κ1) is 11.4. The molecule has 0 aliphatic carbocycles. The Morgan fingerprint density at radius 1 is 1.27 bits per heavy atom. The maximum absolute atomic E-state index is 5.76. The summed E-state index contributed by atoms with van der Waals surface area (Å²) in [6.07, 6.45) is 4.12. The van der Waals surface area contributed by atoms with E-state index < -0.39 is 0 Å². The van der Waals surface area contributed by atoms with Crippen LogP contribution >= 0.6 is 11.6 Å². The molecule has 15 heavy (non-hydrogen) atoms. The minimum Gasteiger partial charge on any atom is -0.299 e. The fourth-order valence-corrected chi connectivity index (χ4v) is 2.80. The molecule has 0 amide bonds. The maximum atomic E-state index is 5.76. The second-order valence-corrected chi connectivity index (χ2v) is 5.07. The van der Waals surface area contributed by atoms with E-state index in [0.29, 0.717) is 5.88 Å². The SMILES string of the molecule is C=C(CCl)CN1CCC(N2CCCC2)C1. The third-order valence-corrected chi connectivity index (χ3v) is 3.92. The first-order chi connectivity index (χ1) is 7.29. The van der Waals surface area contributed by atoms with Crippen molar-refractivity contribution in [3.63, 3.8) is 0 Å². The van der Waals surface area contributed by atoms with E-state index in [1.165, 1.54) is 45.4 Å². The molecule has 3 heteroatoms. The monoisotopic (exact) mass is 228 g/mol. The van der Waals surface area contributed by atoms with Gasteiger partial charge in [0, 0.05) is 31.6 Å². The highest BCUT2D eigenvalue weighted by molar-refractivity contribution is 6.19. The average molecular weight is 229 g/mol. The van der Waals surface area contributed by atoms with E-state index in [2.05, 4.69) is 16.4 Å². The fraction of sp³-hybridized carbons (Fsp3) is 0.833. The molecule has 2 nitrogen and oxygen atoms in total. The normalized spacial score (nSPS) is 28.7.